The first-order chi connectivity index (χ1) is 12.3. The monoisotopic (exact) mass is 354 g/mol. The van der Waals surface area contributed by atoms with E-state index in [1.807, 2.05) is 63.3 Å². The lowest BCUT2D eigenvalue weighted by molar-refractivity contribution is -0.149. The van der Waals surface area contributed by atoms with Crippen molar-refractivity contribution in [3.8, 4) is 0 Å². The Kier molecular flexibility index (Phi) is 4.99. The lowest BCUT2D eigenvalue weighted by atomic mass is 9.85. The Morgan fingerprint density at radius 2 is 1.58 bits per heavy atom. The van der Waals surface area contributed by atoms with Crippen LogP contribution in [-0.4, -0.2) is 39.6 Å². The first-order valence-electron chi connectivity index (χ1n) is 9.13. The Bertz CT molecular complexity index is 707. The van der Waals surface area contributed by atoms with Gasteiger partial charge in [0.05, 0.1) is 11.8 Å². The lowest BCUT2D eigenvalue weighted by Crippen LogP contribution is -2.50. The molecule has 5 nitrogen and oxygen atoms in total. The SMILES string of the molecule is CC(C)(C)N(Cc1ccccc1)C(=O)CN1C(=O)[C@H]2CC=CC[C@@H]2C1=O. The molecule has 0 bridgehead atoms. The summed E-state index contributed by atoms with van der Waals surface area (Å²) in [6, 6.07) is 9.75. The minimum atomic E-state index is -0.410. The molecule has 0 unspecified atom stereocenters. The van der Waals surface area contributed by atoms with Crippen molar-refractivity contribution in [3.05, 3.63) is 48.0 Å². The summed E-state index contributed by atoms with van der Waals surface area (Å²) < 4.78 is 0. The van der Waals surface area contributed by atoms with E-state index in [1.165, 1.54) is 4.90 Å². The van der Waals surface area contributed by atoms with Crippen LogP contribution in [0.3, 0.4) is 0 Å². The zero-order valence-electron chi connectivity index (χ0n) is 15.6. The highest BCUT2D eigenvalue weighted by Gasteiger charge is 2.48. The van der Waals surface area contributed by atoms with Crippen molar-refractivity contribution < 1.29 is 14.4 Å². The maximum atomic E-state index is 13.0. The molecule has 0 saturated carbocycles. The third-order valence-electron chi connectivity index (χ3n) is 5.19. The molecule has 1 saturated heterocycles. The highest BCUT2D eigenvalue weighted by Crippen LogP contribution is 2.35. The van der Waals surface area contributed by atoms with Gasteiger partial charge in [0.1, 0.15) is 6.54 Å². The number of rotatable bonds is 4. The molecule has 0 N–H and O–H groups in total. The molecule has 1 aliphatic heterocycles. The fraction of sp³-hybridized carbons (Fsp3) is 0.476. The summed E-state index contributed by atoms with van der Waals surface area (Å²) in [6.07, 6.45) is 5.09. The molecule has 2 aliphatic rings. The van der Waals surface area contributed by atoms with Gasteiger partial charge in [0.25, 0.3) is 0 Å². The molecule has 26 heavy (non-hydrogen) atoms. The molecule has 1 aliphatic carbocycles. The van der Waals surface area contributed by atoms with Crippen LogP contribution in [0.1, 0.15) is 39.2 Å². The largest absolute Gasteiger partial charge is 0.332 e. The van der Waals surface area contributed by atoms with Crippen LogP contribution in [0.15, 0.2) is 42.5 Å². The molecule has 0 aromatic heterocycles. The minimum absolute atomic E-state index is 0.172. The third kappa shape index (κ3) is 3.57. The number of likely N-dealkylation sites (tertiary alicyclic amines) is 1. The van der Waals surface area contributed by atoms with Crippen LogP contribution in [-0.2, 0) is 20.9 Å². The van der Waals surface area contributed by atoms with Crippen LogP contribution in [0.2, 0.25) is 0 Å². The van der Waals surface area contributed by atoms with Crippen LogP contribution in [0, 0.1) is 11.8 Å². The molecular weight excluding hydrogens is 328 g/mol. The Balaban J connectivity index is 1.76. The molecule has 5 heteroatoms. The molecule has 1 aromatic rings. The normalized spacial score (nSPS) is 22.5. The summed E-state index contributed by atoms with van der Waals surface area (Å²) in [5.41, 5.74) is 0.611. The number of allylic oxidation sites excluding steroid dienone is 2. The second kappa shape index (κ2) is 7.06. The lowest BCUT2D eigenvalue weighted by Gasteiger charge is -2.36. The van der Waals surface area contributed by atoms with E-state index in [4.69, 9.17) is 0 Å². The Hall–Kier alpha value is -2.43. The Morgan fingerprint density at radius 1 is 1.04 bits per heavy atom. The van der Waals surface area contributed by atoms with E-state index in [2.05, 4.69) is 0 Å². The highest BCUT2D eigenvalue weighted by atomic mass is 16.2. The zero-order chi connectivity index (χ0) is 18.9. The zero-order valence-corrected chi connectivity index (χ0v) is 15.6. The summed E-state index contributed by atoms with van der Waals surface area (Å²) in [6.45, 7) is 6.17. The number of fused-ring (bicyclic) bond motifs is 1. The molecule has 3 rings (SSSR count). The van der Waals surface area contributed by atoms with Gasteiger partial charge >= 0.3 is 0 Å². The van der Waals surface area contributed by atoms with Crippen LogP contribution in [0.4, 0.5) is 0 Å². The Labute approximate surface area is 154 Å². The van der Waals surface area contributed by atoms with Crippen molar-refractivity contribution in [1.29, 1.82) is 0 Å². The first kappa shape index (κ1) is 18.4. The molecule has 1 fully saturated rings. The average molecular weight is 354 g/mol. The first-order valence-corrected chi connectivity index (χ1v) is 9.13. The summed E-state index contributed by atoms with van der Waals surface area (Å²) in [5, 5.41) is 0. The van der Waals surface area contributed by atoms with E-state index in [0.29, 0.717) is 19.4 Å². The fourth-order valence-corrected chi connectivity index (χ4v) is 3.71. The standard InChI is InChI=1S/C21H26N2O3/c1-21(2,3)23(13-15-9-5-4-6-10-15)18(24)14-22-19(25)16-11-7-8-12-17(16)20(22)26/h4-10,16-17H,11-14H2,1-3H3/t16-,17-/m0/s1. The maximum Gasteiger partial charge on any atom is 0.243 e. The molecule has 1 aromatic carbocycles. The minimum Gasteiger partial charge on any atom is -0.332 e. The van der Waals surface area contributed by atoms with E-state index in [9.17, 15) is 14.4 Å². The smallest absolute Gasteiger partial charge is 0.243 e. The van der Waals surface area contributed by atoms with Gasteiger partial charge in [0, 0.05) is 12.1 Å². The molecule has 2 atom stereocenters. The van der Waals surface area contributed by atoms with Crippen LogP contribution in [0.5, 0.6) is 0 Å². The van der Waals surface area contributed by atoms with Gasteiger partial charge in [0.2, 0.25) is 17.7 Å². The van der Waals surface area contributed by atoms with Crippen molar-refractivity contribution in [1.82, 2.24) is 9.80 Å². The van der Waals surface area contributed by atoms with Gasteiger partial charge in [-0.1, -0.05) is 42.5 Å². The second-order valence-corrected chi connectivity index (χ2v) is 8.05. The Morgan fingerprint density at radius 3 is 2.08 bits per heavy atom. The number of amides is 3. The van der Waals surface area contributed by atoms with Gasteiger partial charge in [0.15, 0.2) is 0 Å². The van der Waals surface area contributed by atoms with Crippen molar-refractivity contribution in [2.24, 2.45) is 11.8 Å². The average Bonchev–Trinajstić information content (AvgIpc) is 2.85. The number of hydrogen-bond acceptors (Lipinski definition) is 3. The summed E-state index contributed by atoms with van der Waals surface area (Å²) in [7, 11) is 0. The van der Waals surface area contributed by atoms with Crippen molar-refractivity contribution in [2.45, 2.75) is 45.7 Å². The van der Waals surface area contributed by atoms with Crippen LogP contribution in [0.25, 0.3) is 0 Å². The molecule has 138 valence electrons. The number of carbonyl (C=O) groups excluding carboxylic acids is 3. The number of nitrogens with zero attached hydrogens (tertiary/aromatic N) is 2. The molecular formula is C21H26N2O3. The van der Waals surface area contributed by atoms with E-state index in [0.717, 1.165) is 5.56 Å². The predicted molar refractivity (Wildman–Crippen MR) is 98.8 cm³/mol. The van der Waals surface area contributed by atoms with Gasteiger partial charge in [-0.2, -0.15) is 0 Å². The summed E-state index contributed by atoms with van der Waals surface area (Å²) >= 11 is 0. The molecule has 3 amide bonds. The van der Waals surface area contributed by atoms with Crippen molar-refractivity contribution in [3.63, 3.8) is 0 Å². The van der Waals surface area contributed by atoms with Crippen molar-refractivity contribution >= 4 is 17.7 Å². The van der Waals surface area contributed by atoms with Gasteiger partial charge in [-0.25, -0.2) is 0 Å². The topological polar surface area (TPSA) is 57.7 Å². The van der Waals surface area contributed by atoms with E-state index >= 15 is 0 Å². The quantitative estimate of drug-likeness (QED) is 0.617. The summed E-state index contributed by atoms with van der Waals surface area (Å²) in [4.78, 5) is 41.2. The van der Waals surface area contributed by atoms with Crippen LogP contribution < -0.4 is 0 Å². The highest BCUT2D eigenvalue weighted by molar-refractivity contribution is 6.07. The van der Waals surface area contributed by atoms with Gasteiger partial charge in [-0.15, -0.1) is 0 Å². The number of imide groups is 1. The third-order valence-corrected chi connectivity index (χ3v) is 5.19. The molecule has 1 heterocycles. The van der Waals surface area contributed by atoms with Gasteiger partial charge in [-0.3, -0.25) is 19.3 Å². The van der Waals surface area contributed by atoms with E-state index < -0.39 is 5.54 Å². The molecule has 0 spiro atoms. The predicted octanol–water partition coefficient (Wildman–Crippen LogP) is 2.76. The van der Waals surface area contributed by atoms with E-state index in [1.54, 1.807) is 4.90 Å². The maximum absolute atomic E-state index is 13.0. The van der Waals surface area contributed by atoms with Gasteiger partial charge in [-0.05, 0) is 39.2 Å². The summed E-state index contributed by atoms with van der Waals surface area (Å²) in [5.74, 6) is -1.19. The number of carbonyl (C=O) groups is 3. The number of hydrogen-bond donors (Lipinski definition) is 0. The van der Waals surface area contributed by atoms with Crippen molar-refractivity contribution in [2.75, 3.05) is 6.54 Å². The number of benzene rings is 1. The second-order valence-electron chi connectivity index (χ2n) is 8.05. The van der Waals surface area contributed by atoms with E-state index in [-0.39, 0.29) is 36.1 Å². The molecule has 0 radical (unpaired) electrons. The fourth-order valence-electron chi connectivity index (χ4n) is 3.71. The van der Waals surface area contributed by atoms with Crippen LogP contribution >= 0.6 is 0 Å². The van der Waals surface area contributed by atoms with Gasteiger partial charge < -0.3 is 4.90 Å².